The van der Waals surface area contributed by atoms with Crippen molar-refractivity contribution in [2.45, 2.75) is 63.7 Å². The number of aliphatic imine (C=N–C) groups is 1. The van der Waals surface area contributed by atoms with Gasteiger partial charge >= 0.3 is 5.97 Å². The molecule has 0 radical (unpaired) electrons. The van der Waals surface area contributed by atoms with Crippen molar-refractivity contribution in [3.63, 3.8) is 0 Å². The van der Waals surface area contributed by atoms with E-state index in [0.29, 0.717) is 6.42 Å². The highest BCUT2D eigenvalue weighted by Gasteiger charge is 2.27. The lowest BCUT2D eigenvalue weighted by molar-refractivity contribution is -0.142. The van der Waals surface area contributed by atoms with Gasteiger partial charge < -0.3 is 44.0 Å². The summed E-state index contributed by atoms with van der Waals surface area (Å²) in [5.41, 5.74) is 20.9. The Morgan fingerprint density at radius 1 is 0.871 bits per heavy atom. The van der Waals surface area contributed by atoms with Crippen molar-refractivity contribution < 1.29 is 29.1 Å². The van der Waals surface area contributed by atoms with Crippen LogP contribution >= 0.6 is 0 Å². The van der Waals surface area contributed by atoms with E-state index >= 15 is 0 Å². The van der Waals surface area contributed by atoms with Gasteiger partial charge in [0.25, 0.3) is 0 Å². The Bertz CT molecular complexity index is 692. The molecule has 31 heavy (non-hydrogen) atoms. The zero-order valence-corrected chi connectivity index (χ0v) is 17.6. The van der Waals surface area contributed by atoms with E-state index in [0.717, 1.165) is 0 Å². The van der Waals surface area contributed by atoms with Crippen molar-refractivity contribution in [2.75, 3.05) is 6.54 Å². The van der Waals surface area contributed by atoms with Gasteiger partial charge in [0.1, 0.15) is 18.1 Å². The van der Waals surface area contributed by atoms with Gasteiger partial charge in [-0.2, -0.15) is 0 Å². The van der Waals surface area contributed by atoms with E-state index in [2.05, 4.69) is 20.9 Å². The summed E-state index contributed by atoms with van der Waals surface area (Å²) < 4.78 is 0. The van der Waals surface area contributed by atoms with Crippen LogP contribution in [0.15, 0.2) is 4.99 Å². The zero-order valence-electron chi connectivity index (χ0n) is 17.6. The Balaban J connectivity index is 4.95. The summed E-state index contributed by atoms with van der Waals surface area (Å²) in [6.45, 7) is 2.94. The van der Waals surface area contributed by atoms with Crippen LogP contribution in [0.5, 0.6) is 0 Å². The number of carboxylic acid groups (broad SMARTS) is 1. The third-order valence-electron chi connectivity index (χ3n) is 4.04. The Morgan fingerprint density at radius 3 is 1.94 bits per heavy atom. The highest BCUT2D eigenvalue weighted by atomic mass is 16.4. The van der Waals surface area contributed by atoms with Crippen LogP contribution < -0.4 is 38.9 Å². The first-order chi connectivity index (χ1) is 14.3. The topological polar surface area (TPSA) is 258 Å². The molecule has 0 saturated heterocycles. The molecular formula is C17H32N8O6. The first-order valence-electron chi connectivity index (χ1n) is 9.58. The van der Waals surface area contributed by atoms with Crippen molar-refractivity contribution in [1.29, 1.82) is 0 Å². The summed E-state index contributed by atoms with van der Waals surface area (Å²) in [4.78, 5) is 62.7. The van der Waals surface area contributed by atoms with Crippen LogP contribution in [0.25, 0.3) is 0 Å². The second-order valence-corrected chi connectivity index (χ2v) is 6.93. The number of nitrogens with one attached hydrogen (secondary N) is 3. The third kappa shape index (κ3) is 12.0. The summed E-state index contributed by atoms with van der Waals surface area (Å²) in [6, 6.07) is -4.41. The van der Waals surface area contributed by atoms with Crippen LogP contribution in [0.1, 0.15) is 39.5 Å². The van der Waals surface area contributed by atoms with E-state index in [1.807, 2.05) is 0 Å². The summed E-state index contributed by atoms with van der Waals surface area (Å²) in [5, 5.41) is 16.3. The minimum absolute atomic E-state index is 0.0597. The second-order valence-electron chi connectivity index (χ2n) is 6.93. The van der Waals surface area contributed by atoms with Crippen LogP contribution in [-0.2, 0) is 24.0 Å². The number of nitrogens with zero attached hydrogens (tertiary/aromatic N) is 1. The van der Waals surface area contributed by atoms with Crippen LogP contribution in [0.4, 0.5) is 0 Å². The van der Waals surface area contributed by atoms with Crippen molar-refractivity contribution in [3.05, 3.63) is 0 Å². The number of carbonyl (C=O) groups excluding carboxylic acids is 4. The van der Waals surface area contributed by atoms with Gasteiger partial charge in [0.05, 0.1) is 6.04 Å². The van der Waals surface area contributed by atoms with Gasteiger partial charge in [-0.15, -0.1) is 0 Å². The van der Waals surface area contributed by atoms with E-state index in [-0.39, 0.29) is 31.8 Å². The van der Waals surface area contributed by atoms with Gasteiger partial charge in [-0.05, 0) is 33.1 Å². The molecule has 0 bridgehead atoms. The van der Waals surface area contributed by atoms with Crippen LogP contribution in [-0.4, -0.2) is 71.4 Å². The van der Waals surface area contributed by atoms with Crippen molar-refractivity contribution >= 4 is 35.6 Å². The average molecular weight is 444 g/mol. The second kappa shape index (κ2) is 13.7. The Kier molecular flexibility index (Phi) is 12.2. The fourth-order valence-corrected chi connectivity index (χ4v) is 2.30. The van der Waals surface area contributed by atoms with Gasteiger partial charge in [0.2, 0.25) is 23.6 Å². The van der Waals surface area contributed by atoms with Gasteiger partial charge in [-0.3, -0.25) is 24.2 Å². The van der Waals surface area contributed by atoms with E-state index < -0.39 is 53.8 Å². The molecule has 0 aromatic carbocycles. The quantitative estimate of drug-likeness (QED) is 0.0741. The molecule has 0 rings (SSSR count). The normalized spacial score (nSPS) is 14.3. The number of rotatable bonds is 14. The highest BCUT2D eigenvalue weighted by molar-refractivity contribution is 5.94. The monoisotopic (exact) mass is 444 g/mol. The van der Waals surface area contributed by atoms with Crippen molar-refractivity contribution in [3.8, 4) is 0 Å². The Hall–Kier alpha value is -3.42. The van der Waals surface area contributed by atoms with Crippen LogP contribution in [0.3, 0.4) is 0 Å². The summed E-state index contributed by atoms with van der Waals surface area (Å²) in [6.07, 6.45) is 0.0733. The molecule has 0 fully saturated rings. The molecule has 4 atom stereocenters. The fourth-order valence-electron chi connectivity index (χ4n) is 2.30. The van der Waals surface area contributed by atoms with Gasteiger partial charge in [-0.25, -0.2) is 4.79 Å². The summed E-state index contributed by atoms with van der Waals surface area (Å²) >= 11 is 0. The minimum atomic E-state index is -1.26. The molecule has 0 aromatic rings. The van der Waals surface area contributed by atoms with Gasteiger partial charge in [-0.1, -0.05) is 0 Å². The van der Waals surface area contributed by atoms with Gasteiger partial charge in [0.15, 0.2) is 5.96 Å². The predicted octanol–water partition coefficient (Wildman–Crippen LogP) is -3.79. The maximum Gasteiger partial charge on any atom is 0.326 e. The minimum Gasteiger partial charge on any atom is -0.480 e. The van der Waals surface area contributed by atoms with Crippen molar-refractivity contribution in [2.24, 2.45) is 27.9 Å². The molecule has 4 amide bonds. The lowest BCUT2D eigenvalue weighted by Crippen LogP contribution is -2.56. The Morgan fingerprint density at radius 2 is 1.45 bits per heavy atom. The van der Waals surface area contributed by atoms with E-state index in [9.17, 15) is 29.1 Å². The molecule has 0 aromatic heterocycles. The lowest BCUT2D eigenvalue weighted by Gasteiger charge is -2.22. The first-order valence-corrected chi connectivity index (χ1v) is 9.58. The molecule has 0 aliphatic rings. The highest BCUT2D eigenvalue weighted by Crippen LogP contribution is 2.02. The number of hydrogen-bond donors (Lipinski definition) is 8. The molecule has 14 nitrogen and oxygen atoms in total. The molecule has 0 aliphatic heterocycles. The van der Waals surface area contributed by atoms with Gasteiger partial charge in [0, 0.05) is 13.0 Å². The fraction of sp³-hybridized carbons (Fsp3) is 0.647. The first kappa shape index (κ1) is 27.6. The molecule has 0 saturated carbocycles. The maximum atomic E-state index is 12.5. The number of aliphatic carboxylic acids is 1. The van der Waals surface area contributed by atoms with E-state index in [4.69, 9.17) is 22.9 Å². The molecule has 0 heterocycles. The summed E-state index contributed by atoms with van der Waals surface area (Å²) in [7, 11) is 0. The van der Waals surface area contributed by atoms with Crippen LogP contribution in [0.2, 0.25) is 0 Å². The molecule has 0 aliphatic carbocycles. The molecule has 12 N–H and O–H groups in total. The SMILES string of the molecule is CC(N)C(=O)NC(CCC(N)=O)C(=O)NC(C)C(=O)NC(CCCN=C(N)N)C(=O)O. The number of carboxylic acids is 1. The molecular weight excluding hydrogens is 412 g/mol. The Labute approximate surface area is 179 Å². The van der Waals surface area contributed by atoms with E-state index in [1.165, 1.54) is 13.8 Å². The number of hydrogen-bond acceptors (Lipinski definition) is 7. The largest absolute Gasteiger partial charge is 0.480 e. The molecule has 176 valence electrons. The number of primary amides is 1. The van der Waals surface area contributed by atoms with Crippen molar-refractivity contribution in [1.82, 2.24) is 16.0 Å². The smallest absolute Gasteiger partial charge is 0.326 e. The predicted molar refractivity (Wildman–Crippen MR) is 111 cm³/mol. The maximum absolute atomic E-state index is 12.5. The summed E-state index contributed by atoms with van der Waals surface area (Å²) in [5.74, 6) is -4.21. The van der Waals surface area contributed by atoms with E-state index in [1.54, 1.807) is 0 Å². The average Bonchev–Trinajstić information content (AvgIpc) is 2.65. The third-order valence-corrected chi connectivity index (χ3v) is 4.04. The number of carbonyl (C=O) groups is 5. The molecule has 14 heteroatoms. The number of guanidine groups is 1. The van der Waals surface area contributed by atoms with Crippen LogP contribution in [0, 0.1) is 0 Å². The zero-order chi connectivity index (χ0) is 24.1. The standard InChI is InChI=1S/C17H32N8O6/c1-8(18)13(27)24-10(5-6-12(19)26)15(29)23-9(2)14(28)25-11(16(30)31)4-3-7-22-17(20)21/h8-11H,3-7,18H2,1-2H3,(H2,19,26)(H,23,29)(H,24,27)(H,25,28)(H,30,31)(H4,20,21,22). The molecule has 4 unspecified atom stereocenters. The molecule has 0 spiro atoms. The number of amides is 4. The number of nitrogens with two attached hydrogens (primary N) is 4. The lowest BCUT2D eigenvalue weighted by atomic mass is 10.1.